The van der Waals surface area contributed by atoms with Crippen LogP contribution >= 0.6 is 15.9 Å². The molecule has 3 rings (SSSR count). The minimum atomic E-state index is 0.0804. The fourth-order valence-corrected chi connectivity index (χ4v) is 3.09. The average Bonchev–Trinajstić information content (AvgIpc) is 2.64. The second-order valence-corrected chi connectivity index (χ2v) is 5.76. The fraction of sp³-hybridized carbons (Fsp3) is 0.462. The number of piperidine rings is 1. The molecule has 5 heteroatoms. The highest BCUT2D eigenvalue weighted by Crippen LogP contribution is 2.23. The second kappa shape index (κ2) is 4.55. The van der Waals surface area contributed by atoms with E-state index in [1.54, 1.807) is 4.57 Å². The molecule has 1 saturated heterocycles. The molecule has 2 aromatic rings. The van der Waals surface area contributed by atoms with Gasteiger partial charge in [-0.05, 0) is 37.6 Å². The van der Waals surface area contributed by atoms with E-state index in [4.69, 9.17) is 0 Å². The number of fused-ring (bicyclic) bond motifs is 1. The number of nitrogens with one attached hydrogen (secondary N) is 1. The Morgan fingerprint density at radius 3 is 2.94 bits per heavy atom. The van der Waals surface area contributed by atoms with Gasteiger partial charge in [0.15, 0.2) is 0 Å². The number of hydrogen-bond acceptors (Lipinski definition) is 2. The molecule has 0 bridgehead atoms. The topological polar surface area (TPSA) is 39.0 Å². The third-order valence-electron chi connectivity index (χ3n) is 3.69. The molecule has 4 nitrogen and oxygen atoms in total. The zero-order chi connectivity index (χ0) is 12.7. The molecule has 0 aliphatic carbocycles. The van der Waals surface area contributed by atoms with Gasteiger partial charge in [0, 0.05) is 18.1 Å². The molecule has 1 unspecified atom stereocenters. The van der Waals surface area contributed by atoms with E-state index in [0.717, 1.165) is 41.4 Å². The van der Waals surface area contributed by atoms with Crippen LogP contribution in [-0.4, -0.2) is 22.2 Å². The first-order chi connectivity index (χ1) is 8.68. The van der Waals surface area contributed by atoms with Crippen molar-refractivity contribution in [1.29, 1.82) is 0 Å². The third-order valence-corrected chi connectivity index (χ3v) is 4.18. The van der Waals surface area contributed by atoms with Gasteiger partial charge in [0.25, 0.3) is 0 Å². The van der Waals surface area contributed by atoms with E-state index in [1.807, 2.05) is 29.8 Å². The SMILES string of the molecule is Cn1c(=O)n(C2CCCNC2)c2ccc(Br)cc21. The lowest BCUT2D eigenvalue weighted by atomic mass is 10.1. The average molecular weight is 310 g/mol. The Morgan fingerprint density at radius 2 is 2.22 bits per heavy atom. The predicted molar refractivity (Wildman–Crippen MR) is 76.0 cm³/mol. The molecular weight excluding hydrogens is 294 g/mol. The van der Waals surface area contributed by atoms with Crippen molar-refractivity contribution in [3.63, 3.8) is 0 Å². The molecule has 1 aromatic carbocycles. The number of aryl methyl sites for hydroxylation is 1. The first kappa shape index (κ1) is 12.0. The van der Waals surface area contributed by atoms with E-state index in [-0.39, 0.29) is 11.7 Å². The van der Waals surface area contributed by atoms with Gasteiger partial charge in [-0.3, -0.25) is 9.13 Å². The fourth-order valence-electron chi connectivity index (χ4n) is 2.74. The largest absolute Gasteiger partial charge is 0.329 e. The summed E-state index contributed by atoms with van der Waals surface area (Å²) in [5.74, 6) is 0. The standard InChI is InChI=1S/C13H16BrN3O/c1-16-12-7-9(14)4-5-11(12)17(13(16)18)10-3-2-6-15-8-10/h4-5,7,10,15H,2-3,6,8H2,1H3. The molecule has 2 heterocycles. The van der Waals surface area contributed by atoms with Gasteiger partial charge in [-0.1, -0.05) is 15.9 Å². The Kier molecular flexibility index (Phi) is 3.03. The molecule has 1 N–H and O–H groups in total. The molecule has 0 saturated carbocycles. The van der Waals surface area contributed by atoms with Crippen LogP contribution in [-0.2, 0) is 7.05 Å². The molecule has 0 spiro atoms. The van der Waals surface area contributed by atoms with Gasteiger partial charge >= 0.3 is 5.69 Å². The summed E-state index contributed by atoms with van der Waals surface area (Å²) in [6.45, 7) is 1.94. The quantitative estimate of drug-likeness (QED) is 0.875. The van der Waals surface area contributed by atoms with Crippen molar-refractivity contribution in [3.8, 4) is 0 Å². The predicted octanol–water partition coefficient (Wildman–Crippen LogP) is 2.03. The van der Waals surface area contributed by atoms with Crippen LogP contribution in [0.15, 0.2) is 27.5 Å². The summed E-state index contributed by atoms with van der Waals surface area (Å²) in [5, 5.41) is 3.37. The highest BCUT2D eigenvalue weighted by molar-refractivity contribution is 9.10. The Morgan fingerprint density at radius 1 is 1.39 bits per heavy atom. The van der Waals surface area contributed by atoms with Crippen LogP contribution in [0.1, 0.15) is 18.9 Å². The molecule has 96 valence electrons. The Bertz CT molecular complexity index is 637. The third kappa shape index (κ3) is 1.82. The minimum absolute atomic E-state index is 0.0804. The summed E-state index contributed by atoms with van der Waals surface area (Å²) in [7, 11) is 1.84. The summed E-state index contributed by atoms with van der Waals surface area (Å²) >= 11 is 3.46. The highest BCUT2D eigenvalue weighted by atomic mass is 79.9. The molecular formula is C13H16BrN3O. The lowest BCUT2D eigenvalue weighted by Gasteiger charge is -2.23. The summed E-state index contributed by atoms with van der Waals surface area (Å²) < 4.78 is 4.67. The second-order valence-electron chi connectivity index (χ2n) is 4.84. The maximum absolute atomic E-state index is 12.4. The first-order valence-electron chi connectivity index (χ1n) is 6.25. The number of imidazole rings is 1. The van der Waals surface area contributed by atoms with E-state index in [2.05, 4.69) is 21.2 Å². The summed E-state index contributed by atoms with van der Waals surface area (Å²) in [5.41, 5.74) is 2.09. The summed E-state index contributed by atoms with van der Waals surface area (Å²) in [6, 6.07) is 6.30. The normalized spacial score (nSPS) is 20.4. The van der Waals surface area contributed by atoms with E-state index in [9.17, 15) is 4.79 Å². The minimum Gasteiger partial charge on any atom is -0.315 e. The van der Waals surface area contributed by atoms with Crippen molar-refractivity contribution < 1.29 is 0 Å². The van der Waals surface area contributed by atoms with Gasteiger partial charge in [0.2, 0.25) is 0 Å². The van der Waals surface area contributed by atoms with Gasteiger partial charge in [0.1, 0.15) is 0 Å². The summed E-state index contributed by atoms with van der Waals surface area (Å²) in [6.07, 6.45) is 2.20. The van der Waals surface area contributed by atoms with Crippen molar-refractivity contribution in [1.82, 2.24) is 14.5 Å². The highest BCUT2D eigenvalue weighted by Gasteiger charge is 2.20. The molecule has 1 aliphatic rings. The van der Waals surface area contributed by atoms with Crippen LogP contribution < -0.4 is 11.0 Å². The zero-order valence-electron chi connectivity index (χ0n) is 10.3. The molecule has 0 amide bonds. The van der Waals surface area contributed by atoms with Crippen molar-refractivity contribution in [2.45, 2.75) is 18.9 Å². The number of rotatable bonds is 1. The monoisotopic (exact) mass is 309 g/mol. The molecule has 1 fully saturated rings. The first-order valence-corrected chi connectivity index (χ1v) is 7.05. The Balaban J connectivity index is 2.22. The summed E-state index contributed by atoms with van der Waals surface area (Å²) in [4.78, 5) is 12.4. The number of aromatic nitrogens is 2. The van der Waals surface area contributed by atoms with Gasteiger partial charge in [0.05, 0.1) is 17.1 Å². The lowest BCUT2D eigenvalue weighted by Crippen LogP contribution is -2.36. The zero-order valence-corrected chi connectivity index (χ0v) is 11.9. The smallest absolute Gasteiger partial charge is 0.315 e. The van der Waals surface area contributed by atoms with Crippen LogP contribution in [0.25, 0.3) is 11.0 Å². The van der Waals surface area contributed by atoms with Crippen molar-refractivity contribution >= 4 is 27.0 Å². The van der Waals surface area contributed by atoms with Gasteiger partial charge in [-0.25, -0.2) is 4.79 Å². The van der Waals surface area contributed by atoms with Crippen molar-refractivity contribution in [3.05, 3.63) is 33.2 Å². The van der Waals surface area contributed by atoms with E-state index in [1.165, 1.54) is 0 Å². The van der Waals surface area contributed by atoms with Crippen LogP contribution in [0, 0.1) is 0 Å². The molecule has 18 heavy (non-hydrogen) atoms. The molecule has 1 atom stereocenters. The number of halogens is 1. The molecule has 1 aliphatic heterocycles. The van der Waals surface area contributed by atoms with E-state index in [0.29, 0.717) is 0 Å². The van der Waals surface area contributed by atoms with Crippen molar-refractivity contribution in [2.24, 2.45) is 7.05 Å². The Labute approximate surface area is 114 Å². The molecule has 0 radical (unpaired) electrons. The van der Waals surface area contributed by atoms with Crippen LogP contribution in [0.4, 0.5) is 0 Å². The number of benzene rings is 1. The van der Waals surface area contributed by atoms with Crippen molar-refractivity contribution in [2.75, 3.05) is 13.1 Å². The van der Waals surface area contributed by atoms with E-state index >= 15 is 0 Å². The van der Waals surface area contributed by atoms with Gasteiger partial charge in [-0.2, -0.15) is 0 Å². The van der Waals surface area contributed by atoms with Crippen LogP contribution in [0.5, 0.6) is 0 Å². The van der Waals surface area contributed by atoms with E-state index < -0.39 is 0 Å². The van der Waals surface area contributed by atoms with Crippen LogP contribution in [0.2, 0.25) is 0 Å². The van der Waals surface area contributed by atoms with Crippen LogP contribution in [0.3, 0.4) is 0 Å². The van der Waals surface area contributed by atoms with Gasteiger partial charge < -0.3 is 5.32 Å². The maximum Gasteiger partial charge on any atom is 0.329 e. The molecule has 1 aromatic heterocycles. The maximum atomic E-state index is 12.4. The number of nitrogens with zero attached hydrogens (tertiary/aromatic N) is 2. The number of hydrogen-bond donors (Lipinski definition) is 1. The van der Waals surface area contributed by atoms with Gasteiger partial charge in [-0.15, -0.1) is 0 Å². The Hall–Kier alpha value is -1.07. The lowest BCUT2D eigenvalue weighted by molar-refractivity contribution is 0.369.